The SMILES string of the molecule is CCC[C@@H](C)CCC[C@H](C)C/C=C/[C@@H](C)CCCC[C@@H](C)/C=C/C[C@H](C)/C=C/C[C@H](C)/C=C/CC(C)(C)OC. The Morgan fingerprint density at radius 2 is 1.00 bits per heavy atom. The highest BCUT2D eigenvalue weighted by molar-refractivity contribution is 4.98. The van der Waals surface area contributed by atoms with Crippen LogP contribution in [0.3, 0.4) is 0 Å². The Hall–Kier alpha value is -1.08. The Kier molecular flexibility index (Phi) is 23.0. The normalized spacial score (nSPS) is 17.9. The van der Waals surface area contributed by atoms with Gasteiger partial charge in [-0.25, -0.2) is 0 Å². The topological polar surface area (TPSA) is 9.23 Å². The zero-order valence-electron chi connectivity index (χ0n) is 28.2. The second kappa shape index (κ2) is 23.6. The zero-order valence-corrected chi connectivity index (χ0v) is 28.2. The lowest BCUT2D eigenvalue weighted by atomic mass is 9.93. The first-order chi connectivity index (χ1) is 18.5. The van der Waals surface area contributed by atoms with Crippen LogP contribution in [0.2, 0.25) is 0 Å². The van der Waals surface area contributed by atoms with Crippen LogP contribution in [0.1, 0.15) is 146 Å². The number of hydrogen-bond acceptors (Lipinski definition) is 1. The summed E-state index contributed by atoms with van der Waals surface area (Å²) in [5.41, 5.74) is -0.0651. The highest BCUT2D eigenvalue weighted by Crippen LogP contribution is 2.20. The molecule has 228 valence electrons. The molecule has 0 radical (unpaired) electrons. The summed E-state index contributed by atoms with van der Waals surface area (Å²) in [5, 5.41) is 0. The molecular formula is C38H70O. The molecule has 6 atom stereocenters. The van der Waals surface area contributed by atoms with Gasteiger partial charge in [0.2, 0.25) is 0 Å². The van der Waals surface area contributed by atoms with E-state index < -0.39 is 0 Å². The van der Waals surface area contributed by atoms with Gasteiger partial charge in [0.05, 0.1) is 5.60 Å². The number of methoxy groups -OCH3 is 1. The second-order valence-corrected chi connectivity index (χ2v) is 13.7. The lowest BCUT2D eigenvalue weighted by molar-refractivity contribution is 0.0254. The molecule has 0 saturated heterocycles. The molecule has 0 rings (SSSR count). The molecule has 0 aromatic carbocycles. The van der Waals surface area contributed by atoms with E-state index in [1.807, 2.05) is 0 Å². The highest BCUT2D eigenvalue weighted by Gasteiger charge is 2.13. The quantitative estimate of drug-likeness (QED) is 0.0870. The van der Waals surface area contributed by atoms with Crippen LogP contribution in [-0.2, 0) is 4.74 Å². The van der Waals surface area contributed by atoms with E-state index in [1.54, 1.807) is 7.11 Å². The summed E-state index contributed by atoms with van der Waals surface area (Å²) in [7, 11) is 1.79. The van der Waals surface area contributed by atoms with E-state index in [1.165, 1.54) is 64.2 Å². The van der Waals surface area contributed by atoms with Crippen molar-refractivity contribution >= 4 is 0 Å². The molecule has 0 aromatic rings. The largest absolute Gasteiger partial charge is 0.378 e. The summed E-state index contributed by atoms with van der Waals surface area (Å²) in [6, 6.07) is 0. The molecule has 1 heteroatoms. The second-order valence-electron chi connectivity index (χ2n) is 13.7. The molecule has 0 aliphatic heterocycles. The van der Waals surface area contributed by atoms with Gasteiger partial charge in [-0.3, -0.25) is 0 Å². The van der Waals surface area contributed by atoms with Gasteiger partial charge < -0.3 is 4.74 Å². The average Bonchev–Trinajstić information content (AvgIpc) is 2.86. The van der Waals surface area contributed by atoms with E-state index in [-0.39, 0.29) is 5.60 Å². The van der Waals surface area contributed by atoms with Crippen molar-refractivity contribution in [3.63, 3.8) is 0 Å². The monoisotopic (exact) mass is 543 g/mol. The molecule has 0 aromatic heterocycles. The zero-order chi connectivity index (χ0) is 29.5. The van der Waals surface area contributed by atoms with Gasteiger partial charge in [-0.15, -0.1) is 0 Å². The molecule has 0 aliphatic rings. The molecule has 0 bridgehead atoms. The van der Waals surface area contributed by atoms with Gasteiger partial charge in [-0.2, -0.15) is 0 Å². The summed E-state index contributed by atoms with van der Waals surface area (Å²) >= 11 is 0. The molecule has 0 saturated carbocycles. The van der Waals surface area contributed by atoms with Gasteiger partial charge in [0, 0.05) is 7.11 Å². The first-order valence-corrected chi connectivity index (χ1v) is 16.7. The molecule has 0 aliphatic carbocycles. The van der Waals surface area contributed by atoms with Crippen LogP contribution in [0, 0.1) is 35.5 Å². The molecule has 0 spiro atoms. The van der Waals surface area contributed by atoms with Crippen molar-refractivity contribution in [1.29, 1.82) is 0 Å². The van der Waals surface area contributed by atoms with Crippen LogP contribution < -0.4 is 0 Å². The minimum Gasteiger partial charge on any atom is -0.378 e. The maximum absolute atomic E-state index is 5.49. The Morgan fingerprint density at radius 3 is 1.51 bits per heavy atom. The number of unbranched alkanes of at least 4 members (excludes halogenated alkanes) is 1. The number of allylic oxidation sites excluding steroid dienone is 7. The third-order valence-electron chi connectivity index (χ3n) is 8.32. The maximum atomic E-state index is 5.49. The average molecular weight is 543 g/mol. The standard InChI is InChI=1S/C38H70O/c1-11-19-32(2)22-14-25-35(5)26-15-23-33(3)20-12-13-21-34(4)24-16-27-36(6)28-17-29-37(7)30-18-31-38(8,9)39-10/h15-18,23-24,28,30,32-37H,11-14,19-22,25-27,29,31H2,1-10H3/b23-15+,24-16+,28-17+,30-18+/t32-,33+,34-,35+,36+,37+/m1/s1. The highest BCUT2D eigenvalue weighted by atomic mass is 16.5. The Balaban J connectivity index is 3.96. The molecule has 0 amide bonds. The lowest BCUT2D eigenvalue weighted by Crippen LogP contribution is -2.20. The van der Waals surface area contributed by atoms with E-state index in [9.17, 15) is 0 Å². The molecule has 0 N–H and O–H groups in total. The third kappa shape index (κ3) is 24.4. The van der Waals surface area contributed by atoms with E-state index in [4.69, 9.17) is 4.74 Å². The van der Waals surface area contributed by atoms with Crippen molar-refractivity contribution in [2.45, 2.75) is 151 Å². The van der Waals surface area contributed by atoms with Gasteiger partial charge in [0.1, 0.15) is 0 Å². The van der Waals surface area contributed by atoms with Crippen LogP contribution in [0.4, 0.5) is 0 Å². The first kappa shape index (κ1) is 37.9. The van der Waals surface area contributed by atoms with Crippen molar-refractivity contribution in [3.8, 4) is 0 Å². The molecule has 0 unspecified atom stereocenters. The molecule has 0 heterocycles. The summed E-state index contributed by atoms with van der Waals surface area (Å²) in [6.45, 7) is 20.8. The van der Waals surface area contributed by atoms with Gasteiger partial charge in [0.25, 0.3) is 0 Å². The van der Waals surface area contributed by atoms with Crippen molar-refractivity contribution in [2.75, 3.05) is 7.11 Å². The van der Waals surface area contributed by atoms with E-state index in [2.05, 4.69) is 111 Å². The Bertz CT molecular complexity index is 666. The van der Waals surface area contributed by atoms with Crippen molar-refractivity contribution in [2.24, 2.45) is 35.5 Å². The fourth-order valence-corrected chi connectivity index (χ4v) is 5.11. The van der Waals surface area contributed by atoms with E-state index in [0.29, 0.717) is 17.8 Å². The minimum absolute atomic E-state index is 0.0651. The predicted octanol–water partition coefficient (Wildman–Crippen LogP) is 12.5. The first-order valence-electron chi connectivity index (χ1n) is 16.7. The van der Waals surface area contributed by atoms with Crippen LogP contribution in [0.5, 0.6) is 0 Å². The predicted molar refractivity (Wildman–Crippen MR) is 178 cm³/mol. The molecule has 0 fully saturated rings. The van der Waals surface area contributed by atoms with Crippen molar-refractivity contribution < 1.29 is 4.74 Å². The third-order valence-corrected chi connectivity index (χ3v) is 8.32. The van der Waals surface area contributed by atoms with E-state index >= 15 is 0 Å². The van der Waals surface area contributed by atoms with Crippen molar-refractivity contribution in [1.82, 2.24) is 0 Å². The molecule has 1 nitrogen and oxygen atoms in total. The smallest absolute Gasteiger partial charge is 0.0657 e. The van der Waals surface area contributed by atoms with Crippen LogP contribution >= 0.6 is 0 Å². The fourth-order valence-electron chi connectivity index (χ4n) is 5.11. The lowest BCUT2D eigenvalue weighted by Gasteiger charge is -2.20. The summed E-state index contributed by atoms with van der Waals surface area (Å²) in [5.74, 6) is 4.33. The Morgan fingerprint density at radius 1 is 0.538 bits per heavy atom. The molecular weight excluding hydrogens is 472 g/mol. The van der Waals surface area contributed by atoms with Crippen LogP contribution in [0.15, 0.2) is 48.6 Å². The van der Waals surface area contributed by atoms with Gasteiger partial charge in [-0.1, -0.05) is 142 Å². The number of ether oxygens (including phenoxy) is 1. The van der Waals surface area contributed by atoms with Crippen LogP contribution in [-0.4, -0.2) is 12.7 Å². The Labute approximate surface area is 247 Å². The minimum atomic E-state index is -0.0651. The van der Waals surface area contributed by atoms with E-state index in [0.717, 1.165) is 37.0 Å². The van der Waals surface area contributed by atoms with Gasteiger partial charge >= 0.3 is 0 Å². The van der Waals surface area contributed by atoms with Crippen molar-refractivity contribution in [3.05, 3.63) is 48.6 Å². The number of rotatable bonds is 24. The summed E-state index contributed by atoms with van der Waals surface area (Å²) in [6.07, 6.45) is 35.9. The molecule has 39 heavy (non-hydrogen) atoms. The number of hydrogen-bond donors (Lipinski definition) is 0. The van der Waals surface area contributed by atoms with Gasteiger partial charge in [-0.05, 0) is 87.9 Å². The fraction of sp³-hybridized carbons (Fsp3) is 0.789. The van der Waals surface area contributed by atoms with Gasteiger partial charge in [0.15, 0.2) is 0 Å². The summed E-state index contributed by atoms with van der Waals surface area (Å²) < 4.78 is 5.49. The van der Waals surface area contributed by atoms with Crippen LogP contribution in [0.25, 0.3) is 0 Å². The maximum Gasteiger partial charge on any atom is 0.0657 e. The summed E-state index contributed by atoms with van der Waals surface area (Å²) in [4.78, 5) is 0.